The van der Waals surface area contributed by atoms with E-state index in [1.165, 1.54) is 13.1 Å². The number of rotatable bonds is 3. The monoisotopic (exact) mass is 571 g/mol. The quantitative estimate of drug-likeness (QED) is 0.297. The van der Waals surface area contributed by atoms with E-state index in [9.17, 15) is 34.5 Å². The first-order chi connectivity index (χ1) is 19.0. The van der Waals surface area contributed by atoms with Crippen LogP contribution in [0.25, 0.3) is 16.9 Å². The van der Waals surface area contributed by atoms with E-state index in [0.29, 0.717) is 29.7 Å². The Morgan fingerprint density at radius 1 is 1.00 bits per heavy atom. The molecule has 41 heavy (non-hydrogen) atoms. The lowest BCUT2D eigenvalue weighted by Crippen LogP contribution is -2.44. The second kappa shape index (κ2) is 12.2. The number of aliphatic hydroxyl groups is 2. The number of carbonyl (C=O) groups is 4. The van der Waals surface area contributed by atoms with Gasteiger partial charge in [0.2, 0.25) is 0 Å². The van der Waals surface area contributed by atoms with Crippen LogP contribution in [0.5, 0.6) is 11.5 Å². The number of phenols is 1. The summed E-state index contributed by atoms with van der Waals surface area (Å²) < 4.78 is 5.12. The van der Waals surface area contributed by atoms with Crippen molar-refractivity contribution >= 4 is 29.3 Å². The van der Waals surface area contributed by atoms with Crippen molar-refractivity contribution in [2.75, 3.05) is 21.1 Å². The first-order valence-corrected chi connectivity index (χ1v) is 12.7. The zero-order valence-electron chi connectivity index (χ0n) is 22.8. The average Bonchev–Trinajstić information content (AvgIpc) is 2.89. The molecular weight excluding hydrogens is 534 g/mol. The summed E-state index contributed by atoms with van der Waals surface area (Å²) in [5, 5.41) is 37.6. The van der Waals surface area contributed by atoms with E-state index in [1.807, 2.05) is 14.1 Å². The van der Waals surface area contributed by atoms with Gasteiger partial charge in [0, 0.05) is 21.9 Å². The number of ether oxygens (including phenoxy) is 1. The van der Waals surface area contributed by atoms with Crippen LogP contribution >= 0.6 is 0 Å². The van der Waals surface area contributed by atoms with E-state index in [-0.39, 0.29) is 37.4 Å². The van der Waals surface area contributed by atoms with E-state index < -0.39 is 52.7 Å². The van der Waals surface area contributed by atoms with Crippen LogP contribution in [0.15, 0.2) is 53.3 Å². The molecule has 2 aromatic carbocycles. The lowest BCUT2D eigenvalue weighted by atomic mass is 9.61. The predicted octanol–water partition coefficient (Wildman–Crippen LogP) is 2.20. The van der Waals surface area contributed by atoms with E-state index in [1.54, 1.807) is 30.3 Å². The fourth-order valence-corrected chi connectivity index (χ4v) is 5.77. The van der Waals surface area contributed by atoms with Gasteiger partial charge in [0.25, 0.3) is 5.91 Å². The molecule has 1 saturated carbocycles. The van der Waals surface area contributed by atoms with Crippen LogP contribution < -0.4 is 21.1 Å². The molecule has 0 bridgehead atoms. The van der Waals surface area contributed by atoms with Crippen LogP contribution in [0.2, 0.25) is 0 Å². The summed E-state index contributed by atoms with van der Waals surface area (Å²) in [7, 11) is 5.20. The zero-order chi connectivity index (χ0) is 29.3. The number of allylic oxidation sites excluding steroid dienone is 2. The highest BCUT2D eigenvalue weighted by Crippen LogP contribution is 2.51. The van der Waals surface area contributed by atoms with Gasteiger partial charge in [0.1, 0.15) is 28.6 Å². The molecule has 3 unspecified atom stereocenters. The molecule has 9 N–H and O–H groups in total. The van der Waals surface area contributed by atoms with Gasteiger partial charge in [-0.15, -0.1) is 0 Å². The van der Waals surface area contributed by atoms with Crippen molar-refractivity contribution in [1.29, 1.82) is 0 Å². The van der Waals surface area contributed by atoms with Gasteiger partial charge in [-0.05, 0) is 73.7 Å². The van der Waals surface area contributed by atoms with E-state index in [2.05, 4.69) is 10.6 Å². The summed E-state index contributed by atoms with van der Waals surface area (Å²) in [6.45, 7) is 0. The minimum absolute atomic E-state index is 0. The maximum atomic E-state index is 13.5. The van der Waals surface area contributed by atoms with Gasteiger partial charge >= 0.3 is 6.09 Å². The first kappa shape index (κ1) is 30.9. The molecular formula is C29H37N3O9. The van der Waals surface area contributed by atoms with Crippen LogP contribution in [0.3, 0.4) is 0 Å². The third-order valence-corrected chi connectivity index (χ3v) is 7.35. The molecule has 0 aliphatic heterocycles. The molecule has 0 saturated heterocycles. The van der Waals surface area contributed by atoms with Gasteiger partial charge in [-0.2, -0.15) is 0 Å². The normalized spacial score (nSPS) is 20.9. The lowest BCUT2D eigenvalue weighted by molar-refractivity contribution is -0.127. The van der Waals surface area contributed by atoms with Crippen molar-refractivity contribution in [1.82, 2.24) is 10.6 Å². The number of ketones is 2. The van der Waals surface area contributed by atoms with E-state index in [0.717, 1.165) is 5.56 Å². The molecule has 3 aliphatic carbocycles. The van der Waals surface area contributed by atoms with E-state index in [4.69, 9.17) is 10.5 Å². The molecule has 0 spiro atoms. The van der Waals surface area contributed by atoms with Crippen LogP contribution in [-0.4, -0.2) is 65.5 Å². The van der Waals surface area contributed by atoms with Crippen LogP contribution in [0.1, 0.15) is 26.8 Å². The summed E-state index contributed by atoms with van der Waals surface area (Å²) in [5.74, 6) is -5.40. The molecule has 1 fully saturated rings. The van der Waals surface area contributed by atoms with Crippen LogP contribution in [0.4, 0.5) is 4.79 Å². The van der Waals surface area contributed by atoms with Gasteiger partial charge < -0.3 is 41.9 Å². The Balaban J connectivity index is 0.00000148. The molecule has 3 aliphatic rings. The summed E-state index contributed by atoms with van der Waals surface area (Å²) in [4.78, 5) is 49.2. The molecule has 3 atom stereocenters. The number of phenolic OH excluding ortho intramolecular Hbond substituents is 1. The maximum Gasteiger partial charge on any atom is 0.412 e. The third kappa shape index (κ3) is 5.52. The number of nitrogens with one attached hydrogen (secondary N) is 2. The number of hydrogen-bond donors (Lipinski definition) is 6. The fraction of sp³-hybridized carbons (Fsp3) is 0.310. The van der Waals surface area contributed by atoms with Gasteiger partial charge in [-0.3, -0.25) is 14.4 Å². The topological polar surface area (TPSA) is 220 Å². The number of aromatic hydroxyl groups is 1. The number of benzene rings is 2. The Morgan fingerprint density at radius 3 is 2.22 bits per heavy atom. The van der Waals surface area contributed by atoms with Crippen molar-refractivity contribution < 1.29 is 47.6 Å². The molecule has 0 heterocycles. The lowest BCUT2D eigenvalue weighted by Gasteiger charge is -2.41. The summed E-state index contributed by atoms with van der Waals surface area (Å²) in [6, 6.07) is 9.81. The highest BCUT2D eigenvalue weighted by atomic mass is 16.5. The number of carbonyl (C=O) groups excluding carboxylic acids is 4. The van der Waals surface area contributed by atoms with Gasteiger partial charge in [-0.25, -0.2) is 4.79 Å². The maximum absolute atomic E-state index is 13.5. The van der Waals surface area contributed by atoms with Crippen molar-refractivity contribution in [3.63, 3.8) is 0 Å². The predicted molar refractivity (Wildman–Crippen MR) is 153 cm³/mol. The standard InChI is InChI=1S/C27H24N2O8.C2H7N.H2O.2H2/c1-29-27(36)37-14-4-2-11(3-5-14)15-6-7-17(30)21-16(15)9-12-8-13-10-18(31)22(26(28)35)25(34)20(13)23(32)19(12)24(21)33;1-3-2;;;/h2-7,12-13,20,30,33-34H,8-10H2,1H3,(H2,28,35)(H,29,36);3H,1-2H3;1H2;2*1H. The number of primary amides is 1. The number of Topliss-reactive ketones (excluding diaryl/α,β-unsaturated/α-hetero) is 2. The van der Waals surface area contributed by atoms with Crippen LogP contribution in [-0.2, 0) is 20.8 Å². The molecule has 2 amide bonds. The number of amides is 2. The minimum atomic E-state index is -1.16. The Bertz CT molecular complexity index is 1470. The SMILES string of the molecule is CNC.CNC(=O)Oc1ccc(-c2ccc(O)c3c2CC2CC4CC(=O)C(C(N)=O)=C(O)C4C(=O)C2=C3O)cc1.O.[HH].[HH]. The fourth-order valence-electron chi connectivity index (χ4n) is 5.77. The molecule has 12 heteroatoms. The Kier molecular flexibility index (Phi) is 9.21. The largest absolute Gasteiger partial charge is 0.511 e. The second-order valence-electron chi connectivity index (χ2n) is 9.90. The molecule has 5 rings (SSSR count). The summed E-state index contributed by atoms with van der Waals surface area (Å²) >= 11 is 0. The van der Waals surface area contributed by atoms with Gasteiger partial charge in [-0.1, -0.05) is 18.2 Å². The Labute approximate surface area is 238 Å². The van der Waals surface area contributed by atoms with Crippen molar-refractivity contribution in [2.24, 2.45) is 23.5 Å². The first-order valence-electron chi connectivity index (χ1n) is 12.7. The third-order valence-electron chi connectivity index (χ3n) is 7.35. The molecule has 0 aromatic heterocycles. The number of nitrogens with two attached hydrogens (primary N) is 1. The number of fused-ring (bicyclic) bond motifs is 3. The zero-order valence-corrected chi connectivity index (χ0v) is 22.8. The number of hydrogen-bond acceptors (Lipinski definition) is 9. The molecule has 12 nitrogen and oxygen atoms in total. The highest BCUT2D eigenvalue weighted by molar-refractivity contribution is 6.21. The smallest absolute Gasteiger partial charge is 0.412 e. The van der Waals surface area contributed by atoms with Gasteiger partial charge in [0.05, 0.1) is 11.5 Å². The van der Waals surface area contributed by atoms with Crippen molar-refractivity contribution in [3.05, 3.63) is 64.4 Å². The van der Waals surface area contributed by atoms with Crippen LogP contribution in [0, 0.1) is 17.8 Å². The molecule has 222 valence electrons. The average molecular weight is 572 g/mol. The minimum Gasteiger partial charge on any atom is -0.511 e. The molecule has 0 radical (unpaired) electrons. The van der Waals surface area contributed by atoms with Gasteiger partial charge in [0.15, 0.2) is 11.6 Å². The summed E-state index contributed by atoms with van der Waals surface area (Å²) in [6.07, 6.45) is -0.116. The van der Waals surface area contributed by atoms with E-state index >= 15 is 0 Å². The Hall–Kier alpha value is -4.68. The van der Waals surface area contributed by atoms with Crippen molar-refractivity contribution in [3.8, 4) is 22.6 Å². The number of aliphatic hydroxyl groups excluding tert-OH is 2. The van der Waals surface area contributed by atoms with Crippen molar-refractivity contribution in [2.45, 2.75) is 19.3 Å². The highest BCUT2D eigenvalue weighted by Gasteiger charge is 2.51. The summed E-state index contributed by atoms with van der Waals surface area (Å²) in [5.41, 5.74) is 6.92. The molecule has 2 aromatic rings. The second-order valence-corrected chi connectivity index (χ2v) is 9.90. The Morgan fingerprint density at radius 2 is 1.63 bits per heavy atom.